The zero-order valence-electron chi connectivity index (χ0n) is 9.97. The fourth-order valence-electron chi connectivity index (χ4n) is 1.17. The number of rotatable bonds is 4. The van der Waals surface area contributed by atoms with E-state index in [0.717, 1.165) is 26.3 Å². The summed E-state index contributed by atoms with van der Waals surface area (Å²) in [6.45, 7) is 0. The maximum atomic E-state index is 11.8. The highest BCUT2D eigenvalue weighted by Crippen LogP contribution is 2.29. The van der Waals surface area contributed by atoms with E-state index in [4.69, 9.17) is 0 Å². The Bertz CT molecular complexity index is 547. The average Bonchev–Trinajstić information content (AvgIpc) is 2.37. The van der Waals surface area contributed by atoms with Crippen LogP contribution >= 0.6 is 0 Å². The van der Waals surface area contributed by atoms with E-state index in [1.165, 1.54) is 12.1 Å². The minimum absolute atomic E-state index is 0.312. The van der Waals surface area contributed by atoms with Crippen LogP contribution in [-0.4, -0.2) is 30.2 Å². The monoisotopic (exact) mass is 290 g/mol. The molecule has 19 heavy (non-hydrogen) atoms. The standard InChI is InChI=1S/C9H10N2O7S/c1-10(9(12)17-2)18-19(15,16)8-6-4-3-5-7(8)11(13)14/h3-6H,1-2H3/q+1. The highest BCUT2D eigenvalue weighted by atomic mass is 32.3. The van der Waals surface area contributed by atoms with Crippen molar-refractivity contribution in [2.45, 2.75) is 4.90 Å². The van der Waals surface area contributed by atoms with Crippen LogP contribution in [-0.2, 0) is 28.3 Å². The smallest absolute Gasteiger partial charge is 0.451 e. The number of nitro groups is 1. The van der Waals surface area contributed by atoms with Gasteiger partial charge in [-0.05, 0) is 8.49 Å². The molecule has 0 saturated carbocycles. The Morgan fingerprint density at radius 3 is 2.53 bits per heavy atom. The third-order valence-corrected chi connectivity index (χ3v) is 3.28. The van der Waals surface area contributed by atoms with Crippen LogP contribution in [0.15, 0.2) is 29.2 Å². The maximum Gasteiger partial charge on any atom is 0.460 e. The lowest BCUT2D eigenvalue weighted by atomic mass is 10.3. The molecular formula is C9H10N2O7S+. The van der Waals surface area contributed by atoms with Crippen LogP contribution in [0.2, 0.25) is 0 Å². The van der Waals surface area contributed by atoms with E-state index in [1.807, 2.05) is 0 Å². The fourth-order valence-corrected chi connectivity index (χ4v) is 2.25. The van der Waals surface area contributed by atoms with Crippen molar-refractivity contribution in [1.29, 1.82) is 0 Å². The van der Waals surface area contributed by atoms with E-state index in [-0.39, 0.29) is 0 Å². The fraction of sp³-hybridized carbons (Fsp3) is 0.222. The van der Waals surface area contributed by atoms with Crippen molar-refractivity contribution in [3.8, 4) is 0 Å². The molecule has 0 N–H and O–H groups in total. The van der Waals surface area contributed by atoms with Gasteiger partial charge in [-0.2, -0.15) is 0 Å². The second-order valence-corrected chi connectivity index (χ2v) is 4.72. The van der Waals surface area contributed by atoms with Gasteiger partial charge in [-0.1, -0.05) is 12.1 Å². The summed E-state index contributed by atoms with van der Waals surface area (Å²) in [5.41, 5.74) is -0.652. The zero-order valence-corrected chi connectivity index (χ0v) is 10.8. The Morgan fingerprint density at radius 1 is 1.42 bits per heavy atom. The number of ether oxygens (including phenoxy) is 1. The van der Waals surface area contributed by atoms with Gasteiger partial charge in [0.2, 0.25) is 0 Å². The predicted octanol–water partition coefficient (Wildman–Crippen LogP) is 1.34. The minimum atomic E-state index is -4.51. The van der Waals surface area contributed by atoms with E-state index in [9.17, 15) is 23.7 Å². The van der Waals surface area contributed by atoms with E-state index in [0.29, 0.717) is 5.06 Å². The molecule has 1 aromatic rings. The highest BCUT2D eigenvalue weighted by Gasteiger charge is 2.45. The van der Waals surface area contributed by atoms with Crippen molar-refractivity contribution in [3.63, 3.8) is 0 Å². The van der Waals surface area contributed by atoms with E-state index >= 15 is 0 Å². The van der Waals surface area contributed by atoms with Gasteiger partial charge < -0.3 is 4.74 Å². The lowest BCUT2D eigenvalue weighted by molar-refractivity contribution is -0.388. The molecule has 0 aromatic heterocycles. The van der Waals surface area contributed by atoms with E-state index < -0.39 is 32.1 Å². The van der Waals surface area contributed by atoms with Gasteiger partial charge in [-0.3, -0.25) is 10.1 Å². The quantitative estimate of drug-likeness (QED) is 0.469. The number of hydrogen-bond donors (Lipinski definition) is 0. The molecule has 1 aromatic carbocycles. The van der Waals surface area contributed by atoms with Gasteiger partial charge in [0.15, 0.2) is 0 Å². The third kappa shape index (κ3) is 3.47. The number of hydroxylamine groups is 2. The molecular weight excluding hydrogens is 280 g/mol. The molecule has 0 spiro atoms. The zero-order chi connectivity index (χ0) is 14.6. The van der Waals surface area contributed by atoms with Gasteiger partial charge in [0.25, 0.3) is 0 Å². The normalized spacial score (nSPS) is 13.4. The average molecular weight is 290 g/mol. The van der Waals surface area contributed by atoms with Gasteiger partial charge in [-0.25, -0.2) is 4.79 Å². The number of hydrogen-bond acceptors (Lipinski definition) is 6. The number of nitro benzene ring substituents is 1. The lowest BCUT2D eigenvalue weighted by Gasteiger charge is -2.10. The van der Waals surface area contributed by atoms with Crippen molar-refractivity contribution >= 4 is 22.3 Å². The van der Waals surface area contributed by atoms with Crippen LogP contribution in [0.1, 0.15) is 0 Å². The van der Waals surface area contributed by atoms with Crippen molar-refractivity contribution < 1.29 is 27.5 Å². The molecule has 1 unspecified atom stereocenters. The second-order valence-electron chi connectivity index (χ2n) is 3.22. The largest absolute Gasteiger partial charge is 0.460 e. The predicted molar refractivity (Wildman–Crippen MR) is 61.4 cm³/mol. The van der Waals surface area contributed by atoms with Crippen LogP contribution in [0, 0.1) is 10.1 Å². The number of benzene rings is 1. The molecule has 0 heterocycles. The number of nitrogens with zero attached hydrogens (tertiary/aromatic N) is 2. The van der Waals surface area contributed by atoms with Crippen molar-refractivity contribution in [2.75, 3.05) is 14.2 Å². The molecule has 0 fully saturated rings. The number of carbonyl (C=O) groups is 1. The molecule has 0 aliphatic carbocycles. The number of methoxy groups -OCH3 is 1. The molecule has 0 aliphatic heterocycles. The maximum absolute atomic E-state index is 11.8. The Kier molecular flexibility index (Phi) is 4.53. The topological polar surface area (TPSA) is 119 Å². The third-order valence-electron chi connectivity index (χ3n) is 1.97. The van der Waals surface area contributed by atoms with E-state index in [1.54, 1.807) is 0 Å². The van der Waals surface area contributed by atoms with Crippen LogP contribution in [0.5, 0.6) is 0 Å². The van der Waals surface area contributed by atoms with Crippen LogP contribution < -0.4 is 0 Å². The van der Waals surface area contributed by atoms with Gasteiger partial charge in [0.1, 0.15) is 0 Å². The molecule has 0 saturated heterocycles. The first-order valence-electron chi connectivity index (χ1n) is 4.79. The first-order chi connectivity index (χ1) is 8.79. The molecule has 9 nitrogen and oxygen atoms in total. The summed E-state index contributed by atoms with van der Waals surface area (Å²) in [6.07, 6.45) is -1.07. The summed E-state index contributed by atoms with van der Waals surface area (Å²) in [4.78, 5) is 20.2. The van der Waals surface area contributed by atoms with Gasteiger partial charge >= 0.3 is 27.2 Å². The molecule has 1 atom stereocenters. The van der Waals surface area contributed by atoms with Crippen molar-refractivity contribution in [1.82, 2.24) is 5.06 Å². The Labute approximate surface area is 109 Å². The molecule has 1 amide bonds. The minimum Gasteiger partial charge on any atom is -0.451 e. The van der Waals surface area contributed by atoms with Crippen LogP contribution in [0.25, 0.3) is 0 Å². The molecule has 103 valence electrons. The molecule has 10 heteroatoms. The molecule has 0 bridgehead atoms. The first-order valence-corrected chi connectivity index (χ1v) is 6.20. The molecule has 1 rings (SSSR count). The Balaban J connectivity index is 3.10. The molecule has 0 aliphatic rings. The van der Waals surface area contributed by atoms with E-state index in [2.05, 4.69) is 9.02 Å². The van der Waals surface area contributed by atoms with Crippen LogP contribution in [0.3, 0.4) is 0 Å². The summed E-state index contributed by atoms with van der Waals surface area (Å²) in [5, 5.41) is 11.0. The summed E-state index contributed by atoms with van der Waals surface area (Å²) in [7, 11) is -2.48. The second kappa shape index (κ2) is 5.73. The molecule has 1 radical (unpaired) electrons. The van der Waals surface area contributed by atoms with Gasteiger partial charge in [0, 0.05) is 19.2 Å². The number of carbonyl (C=O) groups excluding carboxylic acids is 1. The van der Waals surface area contributed by atoms with Crippen molar-refractivity contribution in [3.05, 3.63) is 34.4 Å². The summed E-state index contributed by atoms with van der Waals surface area (Å²) >= 11 is 0. The Morgan fingerprint density at radius 2 is 2.00 bits per heavy atom. The number of amides is 1. The SMILES string of the molecule is COC(=O)N(C)O[S+]([O])(=O)c1ccccc1[N+](=O)[O-]. The Hall–Kier alpha value is -2.04. The summed E-state index contributed by atoms with van der Waals surface area (Å²) in [5.74, 6) is 0. The first kappa shape index (κ1) is 15.0. The van der Waals surface area contributed by atoms with Crippen molar-refractivity contribution in [2.24, 2.45) is 0 Å². The van der Waals surface area contributed by atoms with Crippen LogP contribution in [0.4, 0.5) is 10.5 Å². The highest BCUT2D eigenvalue weighted by molar-refractivity contribution is 7.93. The lowest BCUT2D eigenvalue weighted by Crippen LogP contribution is -2.32. The summed E-state index contributed by atoms with van der Waals surface area (Å²) in [6, 6.07) is 4.61. The van der Waals surface area contributed by atoms with Gasteiger partial charge in [-0.15, -0.1) is 5.06 Å². The van der Waals surface area contributed by atoms with Gasteiger partial charge in [0.05, 0.1) is 16.6 Å². The number of para-hydroxylation sites is 1. The summed E-state index contributed by atoms with van der Waals surface area (Å²) < 4.78 is 32.3.